The van der Waals surface area contributed by atoms with Gasteiger partial charge in [-0.25, -0.2) is 0 Å². The van der Waals surface area contributed by atoms with Gasteiger partial charge in [-0.15, -0.1) is 0 Å². The number of rotatable bonds is 4. The zero-order chi connectivity index (χ0) is 14.7. The highest BCUT2D eigenvalue weighted by Crippen LogP contribution is 2.42. The molecule has 5 heteroatoms. The molecule has 2 aliphatic heterocycles. The van der Waals surface area contributed by atoms with Crippen molar-refractivity contribution in [3.8, 4) is 0 Å². The number of hydrogen-bond acceptors (Lipinski definition) is 4. The number of carboxylic acids is 1. The minimum atomic E-state index is -0.744. The summed E-state index contributed by atoms with van der Waals surface area (Å²) in [6, 6.07) is 0.00255. The van der Waals surface area contributed by atoms with Crippen LogP contribution >= 0.6 is 0 Å². The lowest BCUT2D eigenvalue weighted by atomic mass is 9.83. The smallest absolute Gasteiger partial charge is 0.305 e. The van der Waals surface area contributed by atoms with Gasteiger partial charge in [-0.3, -0.25) is 9.69 Å². The molecule has 0 bridgehead atoms. The molecule has 2 saturated heterocycles. The predicted molar refractivity (Wildman–Crippen MR) is 78.4 cm³/mol. The molecule has 1 N–H and O–H groups in total. The molecule has 0 radical (unpaired) electrons. The molecule has 120 valence electrons. The molecule has 3 rings (SSSR count). The van der Waals surface area contributed by atoms with E-state index in [1.165, 1.54) is 38.5 Å². The monoisotopic (exact) mass is 297 g/mol. The Labute approximate surface area is 126 Å². The van der Waals surface area contributed by atoms with Gasteiger partial charge in [-0.05, 0) is 25.7 Å². The number of aliphatic carboxylic acids is 1. The topological polar surface area (TPSA) is 59.0 Å². The van der Waals surface area contributed by atoms with Crippen LogP contribution in [0.1, 0.15) is 51.4 Å². The average Bonchev–Trinajstić information content (AvgIpc) is 2.84. The summed E-state index contributed by atoms with van der Waals surface area (Å²) in [4.78, 5) is 13.2. The first-order chi connectivity index (χ1) is 10.2. The Bertz CT molecular complexity index is 367. The lowest BCUT2D eigenvalue weighted by molar-refractivity contribution is -0.141. The second-order valence-corrected chi connectivity index (χ2v) is 6.84. The molecule has 1 aliphatic carbocycles. The van der Waals surface area contributed by atoms with Crippen LogP contribution in [-0.4, -0.2) is 60.0 Å². The number of ether oxygens (including phenoxy) is 2. The van der Waals surface area contributed by atoms with E-state index in [0.717, 1.165) is 19.5 Å². The summed E-state index contributed by atoms with van der Waals surface area (Å²) in [6.07, 6.45) is 9.12. The summed E-state index contributed by atoms with van der Waals surface area (Å²) in [6.45, 7) is 2.92. The van der Waals surface area contributed by atoms with Crippen molar-refractivity contribution in [1.29, 1.82) is 0 Å². The molecule has 1 spiro atoms. The maximum Gasteiger partial charge on any atom is 0.305 e. The number of morpholine rings is 1. The van der Waals surface area contributed by atoms with Gasteiger partial charge in [0.05, 0.1) is 31.3 Å². The highest BCUT2D eigenvalue weighted by Gasteiger charge is 2.41. The van der Waals surface area contributed by atoms with E-state index in [-0.39, 0.29) is 24.2 Å². The SMILES string of the molecule is O=C(O)CC1COCCN1CC1CCC2(CCCCC2)O1. The van der Waals surface area contributed by atoms with Gasteiger partial charge in [0.2, 0.25) is 0 Å². The highest BCUT2D eigenvalue weighted by molar-refractivity contribution is 5.67. The van der Waals surface area contributed by atoms with Crippen molar-refractivity contribution in [2.45, 2.75) is 69.1 Å². The third-order valence-electron chi connectivity index (χ3n) is 5.30. The zero-order valence-electron chi connectivity index (χ0n) is 12.8. The van der Waals surface area contributed by atoms with Crippen LogP contribution in [0.5, 0.6) is 0 Å². The Balaban J connectivity index is 1.54. The first-order valence-corrected chi connectivity index (χ1v) is 8.38. The summed E-state index contributed by atoms with van der Waals surface area (Å²) in [5, 5.41) is 9.03. The molecule has 2 atom stereocenters. The van der Waals surface area contributed by atoms with Crippen molar-refractivity contribution < 1.29 is 19.4 Å². The molecular formula is C16H27NO4. The molecule has 3 aliphatic rings. The third-order valence-corrected chi connectivity index (χ3v) is 5.30. The number of carboxylic acid groups (broad SMARTS) is 1. The molecule has 0 amide bonds. The maximum absolute atomic E-state index is 11.0. The molecular weight excluding hydrogens is 270 g/mol. The van der Waals surface area contributed by atoms with E-state index in [2.05, 4.69) is 4.90 Å². The summed E-state index contributed by atoms with van der Waals surface area (Å²) in [5.74, 6) is -0.744. The Hall–Kier alpha value is -0.650. The van der Waals surface area contributed by atoms with Gasteiger partial charge in [0.1, 0.15) is 0 Å². The van der Waals surface area contributed by atoms with Crippen LogP contribution in [0, 0.1) is 0 Å². The van der Waals surface area contributed by atoms with E-state index in [9.17, 15) is 4.79 Å². The second-order valence-electron chi connectivity index (χ2n) is 6.84. The zero-order valence-corrected chi connectivity index (χ0v) is 12.8. The van der Waals surface area contributed by atoms with Gasteiger partial charge in [-0.2, -0.15) is 0 Å². The van der Waals surface area contributed by atoms with Gasteiger partial charge in [0.25, 0.3) is 0 Å². The molecule has 0 aromatic carbocycles. The third kappa shape index (κ3) is 3.76. The first kappa shape index (κ1) is 15.3. The number of nitrogens with zero attached hydrogens (tertiary/aromatic N) is 1. The van der Waals surface area contributed by atoms with Crippen molar-refractivity contribution >= 4 is 5.97 Å². The fourth-order valence-corrected chi connectivity index (χ4v) is 4.17. The van der Waals surface area contributed by atoms with Gasteiger partial charge >= 0.3 is 5.97 Å². The van der Waals surface area contributed by atoms with Crippen molar-refractivity contribution in [2.75, 3.05) is 26.3 Å². The lowest BCUT2D eigenvalue weighted by Gasteiger charge is -2.38. The van der Waals surface area contributed by atoms with E-state index in [1.807, 2.05) is 0 Å². The second kappa shape index (κ2) is 6.63. The van der Waals surface area contributed by atoms with E-state index >= 15 is 0 Å². The molecule has 21 heavy (non-hydrogen) atoms. The first-order valence-electron chi connectivity index (χ1n) is 8.38. The van der Waals surface area contributed by atoms with Crippen molar-refractivity contribution in [2.24, 2.45) is 0 Å². The Morgan fingerprint density at radius 3 is 2.81 bits per heavy atom. The average molecular weight is 297 g/mol. The molecule has 1 saturated carbocycles. The fourth-order valence-electron chi connectivity index (χ4n) is 4.17. The summed E-state index contributed by atoms with van der Waals surface area (Å²) >= 11 is 0. The summed E-state index contributed by atoms with van der Waals surface area (Å²) < 4.78 is 11.9. The minimum Gasteiger partial charge on any atom is -0.481 e. The standard InChI is InChI=1S/C16H27NO4/c18-15(19)10-13-12-20-9-8-17(13)11-14-4-7-16(21-14)5-2-1-3-6-16/h13-14H,1-12H2,(H,18,19). The molecule has 3 fully saturated rings. The number of hydrogen-bond donors (Lipinski definition) is 1. The Morgan fingerprint density at radius 2 is 2.05 bits per heavy atom. The van der Waals surface area contributed by atoms with E-state index < -0.39 is 5.97 Å². The van der Waals surface area contributed by atoms with Crippen LogP contribution in [0.15, 0.2) is 0 Å². The largest absolute Gasteiger partial charge is 0.481 e. The molecule has 5 nitrogen and oxygen atoms in total. The van der Waals surface area contributed by atoms with Crippen LogP contribution in [0.4, 0.5) is 0 Å². The van der Waals surface area contributed by atoms with Crippen LogP contribution in [0.2, 0.25) is 0 Å². The lowest BCUT2D eigenvalue weighted by Crippen LogP contribution is -2.49. The quantitative estimate of drug-likeness (QED) is 0.860. The Kier molecular flexibility index (Phi) is 4.82. The van der Waals surface area contributed by atoms with Crippen LogP contribution in [0.25, 0.3) is 0 Å². The molecule has 2 unspecified atom stereocenters. The number of carbonyl (C=O) groups is 1. The molecule has 0 aromatic heterocycles. The Morgan fingerprint density at radius 1 is 1.24 bits per heavy atom. The summed E-state index contributed by atoms with van der Waals surface area (Å²) in [5.41, 5.74) is 0.150. The van der Waals surface area contributed by atoms with Crippen molar-refractivity contribution in [1.82, 2.24) is 4.90 Å². The van der Waals surface area contributed by atoms with Crippen molar-refractivity contribution in [3.63, 3.8) is 0 Å². The maximum atomic E-state index is 11.0. The van der Waals surface area contributed by atoms with Crippen molar-refractivity contribution in [3.05, 3.63) is 0 Å². The fraction of sp³-hybridized carbons (Fsp3) is 0.938. The van der Waals surface area contributed by atoms with Gasteiger partial charge in [-0.1, -0.05) is 19.3 Å². The molecule has 2 heterocycles. The van der Waals surface area contributed by atoms with Gasteiger partial charge in [0, 0.05) is 19.1 Å². The predicted octanol–water partition coefficient (Wildman–Crippen LogP) is 2.04. The van der Waals surface area contributed by atoms with Crippen LogP contribution < -0.4 is 0 Å². The molecule has 0 aromatic rings. The van der Waals surface area contributed by atoms with Gasteiger partial charge < -0.3 is 14.6 Å². The summed E-state index contributed by atoms with van der Waals surface area (Å²) in [7, 11) is 0. The van der Waals surface area contributed by atoms with Gasteiger partial charge in [0.15, 0.2) is 0 Å². The van der Waals surface area contributed by atoms with E-state index in [1.54, 1.807) is 0 Å². The van der Waals surface area contributed by atoms with E-state index in [0.29, 0.717) is 13.2 Å². The normalized spacial score (nSPS) is 33.3. The highest BCUT2D eigenvalue weighted by atomic mass is 16.5. The minimum absolute atomic E-state index is 0.00255. The van der Waals surface area contributed by atoms with Crippen LogP contribution in [0.3, 0.4) is 0 Å². The van der Waals surface area contributed by atoms with E-state index in [4.69, 9.17) is 14.6 Å². The van der Waals surface area contributed by atoms with Crippen LogP contribution in [-0.2, 0) is 14.3 Å².